The van der Waals surface area contributed by atoms with Gasteiger partial charge in [0.2, 0.25) is 0 Å². The second-order valence-electron chi connectivity index (χ2n) is 9.59. The molecule has 1 aromatic heterocycles. The fourth-order valence-corrected chi connectivity index (χ4v) is 6.63. The van der Waals surface area contributed by atoms with E-state index in [4.69, 9.17) is 34.8 Å². The van der Waals surface area contributed by atoms with Gasteiger partial charge in [-0.2, -0.15) is 0 Å². The van der Waals surface area contributed by atoms with E-state index in [9.17, 15) is 19.5 Å². The molecule has 2 fully saturated rings. The van der Waals surface area contributed by atoms with E-state index >= 15 is 0 Å². The number of carboxylic acid groups (broad SMARTS) is 1. The Balaban J connectivity index is 1.38. The van der Waals surface area contributed by atoms with Crippen LogP contribution in [0.1, 0.15) is 53.6 Å². The van der Waals surface area contributed by atoms with Gasteiger partial charge in [0.1, 0.15) is 5.38 Å². The molecule has 7 nitrogen and oxygen atoms in total. The quantitative estimate of drug-likeness (QED) is 0.520. The molecule has 0 saturated heterocycles. The zero-order valence-corrected chi connectivity index (χ0v) is 21.6. The van der Waals surface area contributed by atoms with E-state index in [0.717, 1.165) is 36.1 Å². The number of halogens is 3. The maximum atomic E-state index is 13.2. The first kappa shape index (κ1) is 25.2. The summed E-state index contributed by atoms with van der Waals surface area (Å²) in [7, 11) is 0. The monoisotopic (exact) mass is 547 g/mol. The summed E-state index contributed by atoms with van der Waals surface area (Å²) < 4.78 is 0. The lowest BCUT2D eigenvalue weighted by atomic mass is 9.58. The molecule has 2 aromatic rings. The van der Waals surface area contributed by atoms with Crippen LogP contribution in [0.5, 0.6) is 0 Å². The van der Waals surface area contributed by atoms with E-state index in [1.54, 1.807) is 11.0 Å². The molecule has 3 aliphatic rings. The number of benzene rings is 1. The molecule has 2 saturated carbocycles. The van der Waals surface area contributed by atoms with Crippen LogP contribution in [0.25, 0.3) is 0 Å². The lowest BCUT2D eigenvalue weighted by Crippen LogP contribution is -2.61. The number of amides is 1. The van der Waals surface area contributed by atoms with Gasteiger partial charge in [-0.3, -0.25) is 19.6 Å². The van der Waals surface area contributed by atoms with Crippen LogP contribution >= 0.6 is 34.8 Å². The molecule has 188 valence electrons. The molecular formula is C26H24Cl3N3O4. The van der Waals surface area contributed by atoms with E-state index in [1.165, 1.54) is 12.4 Å². The largest absolute Gasteiger partial charge is 0.480 e. The summed E-state index contributed by atoms with van der Waals surface area (Å²) in [5, 5.41) is 9.44. The molecule has 10 heteroatoms. The highest BCUT2D eigenvalue weighted by atomic mass is 35.5. The molecule has 36 heavy (non-hydrogen) atoms. The molecule has 1 spiro atoms. The lowest BCUT2D eigenvalue weighted by Gasteiger charge is -2.47. The van der Waals surface area contributed by atoms with Crippen LogP contribution in [0.4, 0.5) is 5.69 Å². The Morgan fingerprint density at radius 3 is 2.53 bits per heavy atom. The van der Waals surface area contributed by atoms with Crippen molar-refractivity contribution in [3.8, 4) is 0 Å². The number of pyridine rings is 1. The van der Waals surface area contributed by atoms with E-state index in [1.807, 2.05) is 12.1 Å². The second-order valence-corrected chi connectivity index (χ2v) is 10.8. The summed E-state index contributed by atoms with van der Waals surface area (Å²) in [6.07, 6.45) is 7.82. The van der Waals surface area contributed by atoms with Crippen molar-refractivity contribution >= 4 is 63.9 Å². The topological polar surface area (TPSA) is 99.9 Å². The third-order valence-electron chi connectivity index (χ3n) is 7.50. The van der Waals surface area contributed by atoms with Crippen molar-refractivity contribution < 1.29 is 19.5 Å². The highest BCUT2D eigenvalue weighted by Crippen LogP contribution is 2.49. The molecule has 2 atom stereocenters. The van der Waals surface area contributed by atoms with Gasteiger partial charge < -0.3 is 10.0 Å². The average molecular weight is 549 g/mol. The molecule has 0 radical (unpaired) electrons. The molecule has 2 heterocycles. The van der Waals surface area contributed by atoms with Crippen LogP contribution in [-0.2, 0) is 22.4 Å². The van der Waals surface area contributed by atoms with Crippen LogP contribution in [0.3, 0.4) is 0 Å². The van der Waals surface area contributed by atoms with Crippen molar-refractivity contribution in [3.63, 3.8) is 0 Å². The normalized spacial score (nSPS) is 22.4. The van der Waals surface area contributed by atoms with Crippen LogP contribution < -0.4 is 4.90 Å². The van der Waals surface area contributed by atoms with Crippen molar-refractivity contribution in [3.05, 3.63) is 57.3 Å². The molecule has 1 aromatic carbocycles. The van der Waals surface area contributed by atoms with Gasteiger partial charge in [0.25, 0.3) is 5.91 Å². The third kappa shape index (κ3) is 4.21. The van der Waals surface area contributed by atoms with E-state index < -0.39 is 22.8 Å². The minimum absolute atomic E-state index is 0.0246. The number of rotatable bonds is 5. The number of carboxylic acids is 1. The van der Waals surface area contributed by atoms with E-state index in [2.05, 4.69) is 9.98 Å². The van der Waals surface area contributed by atoms with Crippen molar-refractivity contribution in [2.75, 3.05) is 11.4 Å². The number of anilines is 1. The number of fused-ring (bicyclic) bond motifs is 1. The molecule has 2 unspecified atom stereocenters. The number of carbonyl (C=O) groups is 3. The Bertz CT molecular complexity index is 1270. The predicted octanol–water partition coefficient (Wildman–Crippen LogP) is 5.17. The van der Waals surface area contributed by atoms with Crippen LogP contribution in [0, 0.1) is 5.41 Å². The molecule has 1 N–H and O–H groups in total. The Hall–Kier alpha value is -2.48. The fraction of sp³-hybridized carbons (Fsp3) is 0.423. The molecule has 1 aliphatic heterocycles. The van der Waals surface area contributed by atoms with Gasteiger partial charge in [0.05, 0.1) is 26.7 Å². The van der Waals surface area contributed by atoms with E-state index in [-0.39, 0.29) is 33.7 Å². The standard InChI is InChI=1S/C26H24Cl3N3O4/c27-16-12-30-13-17(28)20(16)24(34)32-9-6-15-10-14(4-5-19(15)32)11-18(25(35)36)31-22-21(29)23(33)26(22)7-2-1-3-8-26/h4-5,10,12-13,18,21H,1-3,6-9,11H2,(H,35,36). The number of aromatic nitrogens is 1. The van der Waals surface area contributed by atoms with Crippen molar-refractivity contribution in [1.29, 1.82) is 0 Å². The summed E-state index contributed by atoms with van der Waals surface area (Å²) in [5.74, 6) is -1.39. The Morgan fingerprint density at radius 2 is 1.86 bits per heavy atom. The number of Topliss-reactive ketones (excluding diaryl/α,β-unsaturated/α-hetero) is 1. The second kappa shape index (κ2) is 9.77. The van der Waals surface area contributed by atoms with Crippen molar-refractivity contribution in [2.45, 2.75) is 56.4 Å². The Kier molecular flexibility index (Phi) is 6.83. The van der Waals surface area contributed by atoms with Gasteiger partial charge in [-0.15, -0.1) is 11.6 Å². The van der Waals surface area contributed by atoms with Gasteiger partial charge in [-0.25, -0.2) is 4.79 Å². The number of aliphatic imine (C=N–C) groups is 1. The summed E-state index contributed by atoms with van der Waals surface area (Å²) in [4.78, 5) is 47.9. The van der Waals surface area contributed by atoms with Crippen LogP contribution in [0.2, 0.25) is 10.0 Å². The SMILES string of the molecule is O=C(O)C(Cc1ccc2c(c1)CCN2C(=O)c1c(Cl)cncc1Cl)N=C1C(Cl)C(=O)C12CCCCC2. The highest BCUT2D eigenvalue weighted by molar-refractivity contribution is 6.54. The first-order chi connectivity index (χ1) is 17.2. The van der Waals surface area contributed by atoms with Crippen LogP contribution in [-0.4, -0.2) is 51.4 Å². The van der Waals surface area contributed by atoms with Crippen LogP contribution in [0.15, 0.2) is 35.6 Å². The summed E-state index contributed by atoms with van der Waals surface area (Å²) >= 11 is 18.7. The Morgan fingerprint density at radius 1 is 1.17 bits per heavy atom. The van der Waals surface area contributed by atoms with Gasteiger partial charge in [0, 0.05) is 31.0 Å². The smallest absolute Gasteiger partial charge is 0.328 e. The third-order valence-corrected chi connectivity index (χ3v) is 8.48. The zero-order chi connectivity index (χ0) is 25.6. The van der Waals surface area contributed by atoms with Gasteiger partial charge in [-0.1, -0.05) is 54.6 Å². The van der Waals surface area contributed by atoms with Gasteiger partial charge >= 0.3 is 5.97 Å². The highest BCUT2D eigenvalue weighted by Gasteiger charge is 2.58. The number of carbonyl (C=O) groups excluding carboxylic acids is 2. The minimum Gasteiger partial charge on any atom is -0.480 e. The number of alkyl halides is 1. The maximum absolute atomic E-state index is 13.2. The molecule has 2 aliphatic carbocycles. The maximum Gasteiger partial charge on any atom is 0.328 e. The first-order valence-corrected chi connectivity index (χ1v) is 13.1. The predicted molar refractivity (Wildman–Crippen MR) is 139 cm³/mol. The summed E-state index contributed by atoms with van der Waals surface area (Å²) in [6.45, 7) is 0.454. The zero-order valence-electron chi connectivity index (χ0n) is 19.3. The number of aliphatic carboxylic acids is 1. The molecule has 0 bridgehead atoms. The molecular weight excluding hydrogens is 525 g/mol. The van der Waals surface area contributed by atoms with E-state index in [0.29, 0.717) is 31.5 Å². The van der Waals surface area contributed by atoms with Crippen molar-refractivity contribution in [2.24, 2.45) is 10.4 Å². The Labute approximate surface area is 223 Å². The number of nitrogens with zero attached hydrogens (tertiary/aromatic N) is 3. The first-order valence-electron chi connectivity index (χ1n) is 11.9. The van der Waals surface area contributed by atoms with Crippen molar-refractivity contribution in [1.82, 2.24) is 4.98 Å². The van der Waals surface area contributed by atoms with Gasteiger partial charge in [0.15, 0.2) is 11.8 Å². The fourth-order valence-electron chi connectivity index (χ4n) is 5.63. The number of hydrogen-bond acceptors (Lipinski definition) is 5. The molecule has 1 amide bonds. The minimum atomic E-state index is -1.06. The summed E-state index contributed by atoms with van der Waals surface area (Å²) in [6, 6.07) is 4.48. The number of hydrogen-bond donors (Lipinski definition) is 1. The average Bonchev–Trinajstić information content (AvgIpc) is 3.29. The number of ketones is 1. The lowest BCUT2D eigenvalue weighted by molar-refractivity contribution is -0.138. The molecule has 5 rings (SSSR count). The van der Waals surface area contributed by atoms with Gasteiger partial charge in [-0.05, 0) is 36.5 Å². The summed E-state index contributed by atoms with van der Waals surface area (Å²) in [5.41, 5.74) is 2.51.